The molecular formula is C7H7FN. The molecule has 0 aliphatic heterocycles. The predicted octanol–water partition coefficient (Wildman–Crippen LogP) is 1.59. The summed E-state index contributed by atoms with van der Waals surface area (Å²) in [6.45, 7) is 3.53. The Morgan fingerprint density at radius 2 is 2.11 bits per heavy atom. The topological polar surface area (TPSA) is 26.0 Å². The van der Waals surface area contributed by atoms with Crippen molar-refractivity contribution in [3.8, 4) is 0 Å². The quantitative estimate of drug-likeness (QED) is 0.522. The van der Waals surface area contributed by atoms with Crippen LogP contribution in [0, 0.1) is 12.7 Å². The zero-order chi connectivity index (χ0) is 6.85. The van der Waals surface area contributed by atoms with E-state index < -0.39 is 5.82 Å². The van der Waals surface area contributed by atoms with Gasteiger partial charge in [-0.1, -0.05) is 6.07 Å². The number of hydrogen-bond acceptors (Lipinski definition) is 1. The van der Waals surface area contributed by atoms with E-state index in [1.165, 1.54) is 12.1 Å². The largest absolute Gasteiger partial charge is 0.396 e. The van der Waals surface area contributed by atoms with Crippen molar-refractivity contribution in [3.63, 3.8) is 0 Å². The van der Waals surface area contributed by atoms with E-state index in [-0.39, 0.29) is 5.69 Å². The van der Waals surface area contributed by atoms with E-state index in [0.717, 1.165) is 0 Å². The van der Waals surface area contributed by atoms with Gasteiger partial charge in [-0.15, -0.1) is 0 Å². The summed E-state index contributed by atoms with van der Waals surface area (Å²) in [5, 5.41) is 0. The number of nitrogen functional groups attached to an aromatic ring is 1. The van der Waals surface area contributed by atoms with Crippen LogP contribution in [0.3, 0.4) is 0 Å². The maximum absolute atomic E-state index is 12.4. The number of benzene rings is 1. The van der Waals surface area contributed by atoms with E-state index in [4.69, 9.17) is 5.73 Å². The van der Waals surface area contributed by atoms with Crippen molar-refractivity contribution in [2.75, 3.05) is 5.73 Å². The van der Waals surface area contributed by atoms with Crippen LogP contribution in [0.5, 0.6) is 0 Å². The molecule has 0 aliphatic rings. The van der Waals surface area contributed by atoms with Crippen LogP contribution in [0.15, 0.2) is 18.2 Å². The summed E-state index contributed by atoms with van der Waals surface area (Å²) in [5.74, 6) is -0.400. The van der Waals surface area contributed by atoms with Crippen LogP contribution in [-0.4, -0.2) is 0 Å². The fourth-order valence-electron chi connectivity index (χ4n) is 0.571. The molecule has 2 N–H and O–H groups in total. The van der Waals surface area contributed by atoms with E-state index in [1.807, 2.05) is 0 Å². The highest BCUT2D eigenvalue weighted by atomic mass is 19.1. The van der Waals surface area contributed by atoms with E-state index in [2.05, 4.69) is 6.92 Å². The molecule has 1 rings (SSSR count). The Labute approximate surface area is 53.3 Å². The Balaban J connectivity index is 3.17. The molecule has 0 bridgehead atoms. The predicted molar refractivity (Wildman–Crippen MR) is 35.3 cm³/mol. The fourth-order valence-corrected chi connectivity index (χ4v) is 0.571. The Bertz CT molecular complexity index is 220. The molecule has 0 unspecified atom stereocenters. The van der Waals surface area contributed by atoms with Gasteiger partial charge in [-0.2, -0.15) is 0 Å². The summed E-state index contributed by atoms with van der Waals surface area (Å²) in [5.41, 5.74) is 6.00. The fraction of sp³-hybridized carbons (Fsp3) is 0. The first-order valence-electron chi connectivity index (χ1n) is 2.57. The molecule has 1 radical (unpaired) electrons. The molecule has 1 aromatic carbocycles. The maximum atomic E-state index is 12.4. The van der Waals surface area contributed by atoms with Crippen LogP contribution in [0.25, 0.3) is 0 Å². The van der Waals surface area contributed by atoms with Gasteiger partial charge in [0.1, 0.15) is 5.82 Å². The molecule has 0 heterocycles. The third-order valence-electron chi connectivity index (χ3n) is 1.06. The van der Waals surface area contributed by atoms with Crippen LogP contribution in [0.1, 0.15) is 5.56 Å². The molecule has 0 fully saturated rings. The van der Waals surface area contributed by atoms with Crippen molar-refractivity contribution in [3.05, 3.63) is 36.5 Å². The second-order valence-electron chi connectivity index (χ2n) is 1.86. The molecule has 0 amide bonds. The molecule has 0 atom stereocenters. The second-order valence-corrected chi connectivity index (χ2v) is 1.86. The molecule has 2 heteroatoms. The first-order chi connectivity index (χ1) is 4.20. The van der Waals surface area contributed by atoms with Gasteiger partial charge in [0.25, 0.3) is 0 Å². The average molecular weight is 124 g/mol. The maximum Gasteiger partial charge on any atom is 0.146 e. The third kappa shape index (κ3) is 1.19. The van der Waals surface area contributed by atoms with Crippen LogP contribution in [0.2, 0.25) is 0 Å². The lowest BCUT2D eigenvalue weighted by atomic mass is 10.2. The van der Waals surface area contributed by atoms with Gasteiger partial charge < -0.3 is 5.73 Å². The van der Waals surface area contributed by atoms with Crippen molar-refractivity contribution < 1.29 is 4.39 Å². The smallest absolute Gasteiger partial charge is 0.146 e. The highest BCUT2D eigenvalue weighted by molar-refractivity contribution is 5.41. The molecule has 0 spiro atoms. The van der Waals surface area contributed by atoms with Gasteiger partial charge in [-0.3, -0.25) is 0 Å². The first kappa shape index (κ1) is 6.08. The van der Waals surface area contributed by atoms with Gasteiger partial charge in [0.2, 0.25) is 0 Å². The van der Waals surface area contributed by atoms with Crippen molar-refractivity contribution in [2.45, 2.75) is 0 Å². The Kier molecular flexibility index (Phi) is 1.39. The number of halogens is 1. The van der Waals surface area contributed by atoms with Gasteiger partial charge in [-0.25, -0.2) is 4.39 Å². The summed E-state index contributed by atoms with van der Waals surface area (Å²) in [6, 6.07) is 4.46. The number of nitrogens with two attached hydrogens (primary N) is 1. The van der Waals surface area contributed by atoms with Crippen molar-refractivity contribution in [1.82, 2.24) is 0 Å². The lowest BCUT2D eigenvalue weighted by molar-refractivity contribution is 0.632. The lowest BCUT2D eigenvalue weighted by Gasteiger charge is -1.94. The van der Waals surface area contributed by atoms with Gasteiger partial charge >= 0.3 is 0 Å². The minimum atomic E-state index is -0.400. The zero-order valence-electron chi connectivity index (χ0n) is 4.89. The van der Waals surface area contributed by atoms with E-state index in [1.54, 1.807) is 6.07 Å². The third-order valence-corrected chi connectivity index (χ3v) is 1.06. The molecule has 0 saturated carbocycles. The van der Waals surface area contributed by atoms with Crippen LogP contribution in [-0.2, 0) is 0 Å². The molecule has 0 aromatic heterocycles. The molecule has 1 nitrogen and oxygen atoms in total. The molecule has 0 saturated heterocycles. The number of rotatable bonds is 0. The van der Waals surface area contributed by atoms with Gasteiger partial charge in [0.15, 0.2) is 0 Å². The van der Waals surface area contributed by atoms with Crippen LogP contribution < -0.4 is 5.73 Å². The molecular weight excluding hydrogens is 117 g/mol. The highest BCUT2D eigenvalue weighted by Crippen LogP contribution is 2.09. The average Bonchev–Trinajstić information content (AvgIpc) is 1.80. The Hall–Kier alpha value is -1.05. The van der Waals surface area contributed by atoms with Gasteiger partial charge in [-0.05, 0) is 24.6 Å². The Morgan fingerprint density at radius 3 is 2.56 bits per heavy atom. The van der Waals surface area contributed by atoms with Crippen LogP contribution >= 0.6 is 0 Å². The minimum absolute atomic E-state index is 0.169. The van der Waals surface area contributed by atoms with Crippen molar-refractivity contribution in [1.29, 1.82) is 0 Å². The monoisotopic (exact) mass is 124 g/mol. The molecule has 47 valence electrons. The second kappa shape index (κ2) is 2.05. The molecule has 9 heavy (non-hydrogen) atoms. The normalized spacial score (nSPS) is 9.56. The Morgan fingerprint density at radius 1 is 1.44 bits per heavy atom. The summed E-state index contributed by atoms with van der Waals surface area (Å²) in [7, 11) is 0. The van der Waals surface area contributed by atoms with Crippen molar-refractivity contribution >= 4 is 5.69 Å². The molecule has 0 aliphatic carbocycles. The summed E-state index contributed by atoms with van der Waals surface area (Å²) in [4.78, 5) is 0. The SMILES string of the molecule is [CH2]c1ccc(N)c(F)c1. The standard InChI is InChI=1S/C7H7FN/c1-5-2-3-7(9)6(8)4-5/h2-4H,1,9H2. The lowest BCUT2D eigenvalue weighted by Crippen LogP contribution is -1.89. The zero-order valence-corrected chi connectivity index (χ0v) is 4.89. The van der Waals surface area contributed by atoms with Crippen LogP contribution in [0.4, 0.5) is 10.1 Å². The highest BCUT2D eigenvalue weighted by Gasteiger charge is 1.94. The summed E-state index contributed by atoms with van der Waals surface area (Å²) in [6.07, 6.45) is 0. The van der Waals surface area contributed by atoms with Gasteiger partial charge in [0, 0.05) is 0 Å². The van der Waals surface area contributed by atoms with E-state index in [0.29, 0.717) is 5.56 Å². The van der Waals surface area contributed by atoms with Crippen molar-refractivity contribution in [2.24, 2.45) is 0 Å². The first-order valence-corrected chi connectivity index (χ1v) is 2.57. The van der Waals surface area contributed by atoms with Gasteiger partial charge in [0.05, 0.1) is 5.69 Å². The summed E-state index contributed by atoms with van der Waals surface area (Å²) < 4.78 is 12.4. The van der Waals surface area contributed by atoms with E-state index >= 15 is 0 Å². The van der Waals surface area contributed by atoms with E-state index in [9.17, 15) is 4.39 Å². The summed E-state index contributed by atoms with van der Waals surface area (Å²) >= 11 is 0. The number of hydrogen-bond donors (Lipinski definition) is 1. The molecule has 1 aromatic rings. The minimum Gasteiger partial charge on any atom is -0.396 e. The number of anilines is 1.